The Bertz CT molecular complexity index is 1120. The van der Waals surface area contributed by atoms with Crippen LogP contribution in [0, 0.1) is 18.8 Å². The Labute approximate surface area is 198 Å². The van der Waals surface area contributed by atoms with Crippen LogP contribution in [0.15, 0.2) is 45.8 Å². The Hall–Kier alpha value is -2.54. The fourth-order valence-electron chi connectivity index (χ4n) is 3.09. The highest BCUT2D eigenvalue weighted by Gasteiger charge is 2.27. The van der Waals surface area contributed by atoms with Crippen LogP contribution in [-0.2, 0) is 10.0 Å². The van der Waals surface area contributed by atoms with Gasteiger partial charge in [0.15, 0.2) is 0 Å². The maximum Gasteiger partial charge on any atom is 0.337 e. The number of carboxylic acid groups (broad SMARTS) is 1. The van der Waals surface area contributed by atoms with Crippen LogP contribution in [0.1, 0.15) is 29.8 Å². The lowest BCUT2D eigenvalue weighted by molar-refractivity contribution is 0.0697. The lowest BCUT2D eigenvalue weighted by Crippen LogP contribution is -2.29. The lowest BCUT2D eigenvalue weighted by atomic mass is 10.1. The fraction of sp³-hybridized carbons (Fsp3) is 0.348. The molecule has 32 heavy (non-hydrogen) atoms. The van der Waals surface area contributed by atoms with Gasteiger partial charge in [-0.15, -0.1) is 0 Å². The summed E-state index contributed by atoms with van der Waals surface area (Å²) in [5.74, 6) is 5.28. The minimum absolute atomic E-state index is 0.0265. The van der Waals surface area contributed by atoms with Gasteiger partial charge in [-0.3, -0.25) is 9.21 Å². The SMILES string of the molecule is CCN(CC)CC#CCOc1ccc(S(=O)(=O)N(C)c2c(C)cc(Br)cc2C(=O)O)cc1. The predicted molar refractivity (Wildman–Crippen MR) is 129 cm³/mol. The maximum atomic E-state index is 13.1. The number of ether oxygens (including phenoxy) is 1. The molecule has 0 fully saturated rings. The molecule has 0 atom stereocenters. The van der Waals surface area contributed by atoms with E-state index in [0.29, 0.717) is 22.3 Å². The molecule has 2 rings (SSSR count). The molecule has 0 amide bonds. The first kappa shape index (κ1) is 25.7. The Kier molecular flexibility index (Phi) is 9.13. The molecule has 0 bridgehead atoms. The van der Waals surface area contributed by atoms with E-state index in [1.807, 2.05) is 0 Å². The molecule has 0 heterocycles. The van der Waals surface area contributed by atoms with Gasteiger partial charge in [-0.2, -0.15) is 0 Å². The van der Waals surface area contributed by atoms with E-state index in [1.165, 1.54) is 25.2 Å². The minimum atomic E-state index is -3.98. The van der Waals surface area contributed by atoms with Crippen molar-refractivity contribution in [2.75, 3.05) is 37.6 Å². The van der Waals surface area contributed by atoms with Crippen LogP contribution in [0.3, 0.4) is 0 Å². The number of rotatable bonds is 9. The van der Waals surface area contributed by atoms with Gasteiger partial charge >= 0.3 is 5.97 Å². The third-order valence-electron chi connectivity index (χ3n) is 4.93. The molecule has 9 heteroatoms. The summed E-state index contributed by atoms with van der Waals surface area (Å²) in [5.41, 5.74) is 0.529. The number of carbonyl (C=O) groups is 1. The molecule has 2 aromatic rings. The van der Waals surface area contributed by atoms with Gasteiger partial charge in [0.25, 0.3) is 10.0 Å². The summed E-state index contributed by atoms with van der Waals surface area (Å²) in [4.78, 5) is 13.9. The van der Waals surface area contributed by atoms with Crippen molar-refractivity contribution in [1.29, 1.82) is 0 Å². The van der Waals surface area contributed by atoms with Gasteiger partial charge in [0.1, 0.15) is 12.4 Å². The number of hydrogen-bond acceptors (Lipinski definition) is 5. The molecular formula is C23H27BrN2O5S. The van der Waals surface area contributed by atoms with Gasteiger partial charge in [-0.1, -0.05) is 41.6 Å². The number of aromatic carboxylic acids is 1. The number of benzene rings is 2. The van der Waals surface area contributed by atoms with E-state index in [9.17, 15) is 18.3 Å². The molecule has 2 aromatic carbocycles. The highest BCUT2D eigenvalue weighted by atomic mass is 79.9. The molecule has 0 aliphatic rings. The van der Waals surface area contributed by atoms with Gasteiger partial charge < -0.3 is 9.84 Å². The molecule has 0 saturated heterocycles. The number of hydrogen-bond donors (Lipinski definition) is 1. The molecule has 0 spiro atoms. The zero-order chi connectivity index (χ0) is 23.9. The Morgan fingerprint density at radius 3 is 2.31 bits per heavy atom. The topological polar surface area (TPSA) is 87.2 Å². The van der Waals surface area contributed by atoms with Gasteiger partial charge in [-0.25, -0.2) is 13.2 Å². The van der Waals surface area contributed by atoms with E-state index in [1.54, 1.807) is 25.1 Å². The van der Waals surface area contributed by atoms with Crippen LogP contribution < -0.4 is 9.04 Å². The van der Waals surface area contributed by atoms with Crippen LogP contribution in [-0.4, -0.2) is 57.7 Å². The van der Waals surface area contributed by atoms with Crippen molar-refractivity contribution in [2.45, 2.75) is 25.7 Å². The highest BCUT2D eigenvalue weighted by molar-refractivity contribution is 9.10. The van der Waals surface area contributed by atoms with Crippen molar-refractivity contribution in [3.63, 3.8) is 0 Å². The standard InChI is InChI=1S/C23H27BrN2O5S/c1-5-26(6-2)13-7-8-14-31-19-9-11-20(12-10-19)32(29,30)25(4)22-17(3)15-18(24)16-21(22)23(27)28/h9-12,15-16H,5-6,13-14H2,1-4H3,(H,27,28). The molecule has 7 nitrogen and oxygen atoms in total. The van der Waals surface area contributed by atoms with Crippen molar-refractivity contribution in [3.05, 3.63) is 52.0 Å². The number of aryl methyl sites for hydroxylation is 1. The number of sulfonamides is 1. The zero-order valence-corrected chi connectivity index (χ0v) is 21.0. The van der Waals surface area contributed by atoms with Crippen molar-refractivity contribution < 1.29 is 23.1 Å². The summed E-state index contributed by atoms with van der Waals surface area (Å²) in [6.45, 7) is 8.57. The highest BCUT2D eigenvalue weighted by Crippen LogP contribution is 2.32. The van der Waals surface area contributed by atoms with Gasteiger partial charge in [-0.05, 0) is 62.0 Å². The molecule has 0 radical (unpaired) electrons. The minimum Gasteiger partial charge on any atom is -0.481 e. The van der Waals surface area contributed by atoms with Gasteiger partial charge in [0.05, 0.1) is 22.7 Å². The monoisotopic (exact) mass is 522 g/mol. The van der Waals surface area contributed by atoms with Gasteiger partial charge in [0, 0.05) is 11.5 Å². The maximum absolute atomic E-state index is 13.1. The largest absolute Gasteiger partial charge is 0.481 e. The first-order valence-electron chi connectivity index (χ1n) is 10.0. The summed E-state index contributed by atoms with van der Waals surface area (Å²) in [6, 6.07) is 9.03. The van der Waals surface area contributed by atoms with E-state index in [4.69, 9.17) is 4.74 Å². The summed E-state index contributed by atoms with van der Waals surface area (Å²) in [5, 5.41) is 9.54. The van der Waals surface area contributed by atoms with E-state index >= 15 is 0 Å². The number of anilines is 1. The lowest BCUT2D eigenvalue weighted by Gasteiger charge is -2.23. The van der Waals surface area contributed by atoms with Gasteiger partial charge in [0.2, 0.25) is 0 Å². The van der Waals surface area contributed by atoms with E-state index < -0.39 is 16.0 Å². The third kappa shape index (κ3) is 6.25. The van der Waals surface area contributed by atoms with E-state index in [-0.39, 0.29) is 22.8 Å². The molecular weight excluding hydrogens is 496 g/mol. The molecule has 172 valence electrons. The van der Waals surface area contributed by atoms with Crippen molar-refractivity contribution in [3.8, 4) is 17.6 Å². The third-order valence-corrected chi connectivity index (χ3v) is 7.16. The number of carboxylic acids is 1. The first-order chi connectivity index (χ1) is 15.1. The number of nitrogens with zero attached hydrogens (tertiary/aromatic N) is 2. The second-order valence-corrected chi connectivity index (χ2v) is 9.86. The van der Waals surface area contributed by atoms with Crippen LogP contribution >= 0.6 is 15.9 Å². The van der Waals surface area contributed by atoms with Crippen molar-refractivity contribution in [2.24, 2.45) is 0 Å². The molecule has 0 aromatic heterocycles. The fourth-order valence-corrected chi connectivity index (χ4v) is 4.94. The Morgan fingerprint density at radius 2 is 1.75 bits per heavy atom. The van der Waals surface area contributed by atoms with Crippen molar-refractivity contribution >= 4 is 37.6 Å². The van der Waals surface area contributed by atoms with Crippen LogP contribution in [0.4, 0.5) is 5.69 Å². The summed E-state index contributed by atoms with van der Waals surface area (Å²) >= 11 is 3.26. The van der Waals surface area contributed by atoms with E-state index in [2.05, 4.69) is 46.5 Å². The summed E-state index contributed by atoms with van der Waals surface area (Å²) in [6.07, 6.45) is 0. The smallest absolute Gasteiger partial charge is 0.337 e. The first-order valence-corrected chi connectivity index (χ1v) is 12.3. The molecule has 0 saturated carbocycles. The van der Waals surface area contributed by atoms with Crippen LogP contribution in [0.2, 0.25) is 0 Å². The molecule has 1 N–H and O–H groups in total. The van der Waals surface area contributed by atoms with E-state index in [0.717, 1.165) is 17.4 Å². The quantitative estimate of drug-likeness (QED) is 0.500. The molecule has 0 aliphatic heterocycles. The average molecular weight is 523 g/mol. The number of halogens is 1. The second-order valence-electron chi connectivity index (χ2n) is 6.97. The molecule has 0 unspecified atom stereocenters. The predicted octanol–water partition coefficient (Wildman–Crippen LogP) is 4.00. The average Bonchev–Trinajstić information content (AvgIpc) is 2.75. The van der Waals surface area contributed by atoms with Crippen LogP contribution in [0.25, 0.3) is 0 Å². The Balaban J connectivity index is 2.17. The summed E-state index contributed by atoms with van der Waals surface area (Å²) in [7, 11) is -2.64. The van der Waals surface area contributed by atoms with Crippen molar-refractivity contribution in [1.82, 2.24) is 4.90 Å². The van der Waals surface area contributed by atoms with Crippen LogP contribution in [0.5, 0.6) is 5.75 Å². The Morgan fingerprint density at radius 1 is 1.12 bits per heavy atom. The normalized spacial score (nSPS) is 11.1. The zero-order valence-electron chi connectivity index (χ0n) is 18.6. The molecule has 0 aliphatic carbocycles. The summed E-state index contributed by atoms with van der Waals surface area (Å²) < 4.78 is 33.4. The second kappa shape index (κ2) is 11.4.